The van der Waals surface area contributed by atoms with Crippen molar-refractivity contribution in [3.05, 3.63) is 50.1 Å². The van der Waals surface area contributed by atoms with Crippen LogP contribution in [0.5, 0.6) is 0 Å². The van der Waals surface area contributed by atoms with Crippen molar-refractivity contribution in [1.82, 2.24) is 0 Å². The Bertz CT molecular complexity index is 660. The number of benzene rings is 1. The molecule has 3 nitrogen and oxygen atoms in total. The van der Waals surface area contributed by atoms with Crippen molar-refractivity contribution in [1.29, 1.82) is 0 Å². The minimum Gasteiger partial charge on any atom is -0.478 e. The van der Waals surface area contributed by atoms with E-state index in [0.717, 1.165) is 15.4 Å². The van der Waals surface area contributed by atoms with Gasteiger partial charge in [-0.3, -0.25) is 0 Å². The van der Waals surface area contributed by atoms with Crippen LogP contribution in [0.15, 0.2) is 28.1 Å². The zero-order chi connectivity index (χ0) is 14.9. The molecule has 0 saturated heterocycles. The molecule has 0 amide bonds. The molecule has 2 rings (SSSR count). The minimum atomic E-state index is -1.43. The molecule has 20 heavy (non-hydrogen) atoms. The van der Waals surface area contributed by atoms with Crippen LogP contribution in [0.25, 0.3) is 0 Å². The van der Waals surface area contributed by atoms with Crippen LogP contribution in [0.4, 0.5) is 14.5 Å². The van der Waals surface area contributed by atoms with Crippen molar-refractivity contribution in [2.75, 3.05) is 5.32 Å². The predicted octanol–water partition coefficient (Wildman–Crippen LogP) is 4.66. The summed E-state index contributed by atoms with van der Waals surface area (Å²) >= 11 is 4.80. The van der Waals surface area contributed by atoms with Crippen LogP contribution in [0.3, 0.4) is 0 Å². The maximum Gasteiger partial charge on any atom is 0.338 e. The van der Waals surface area contributed by atoms with Gasteiger partial charge in [0.15, 0.2) is 0 Å². The fraction of sp³-hybridized carbons (Fsp3) is 0.154. The van der Waals surface area contributed by atoms with Crippen LogP contribution < -0.4 is 5.32 Å². The fourth-order valence-corrected chi connectivity index (χ4v) is 3.14. The highest BCUT2D eigenvalue weighted by molar-refractivity contribution is 9.10. The highest BCUT2D eigenvalue weighted by Gasteiger charge is 2.17. The Morgan fingerprint density at radius 3 is 2.60 bits per heavy atom. The van der Waals surface area contributed by atoms with Crippen LogP contribution in [0, 0.1) is 11.6 Å². The lowest BCUT2D eigenvalue weighted by molar-refractivity contribution is 0.0692. The quantitative estimate of drug-likeness (QED) is 0.832. The van der Waals surface area contributed by atoms with Crippen LogP contribution in [-0.2, 0) is 0 Å². The predicted molar refractivity (Wildman–Crippen MR) is 77.4 cm³/mol. The van der Waals surface area contributed by atoms with Gasteiger partial charge in [0.05, 0.1) is 17.3 Å². The number of carboxylic acids is 1. The molecule has 1 unspecified atom stereocenters. The summed E-state index contributed by atoms with van der Waals surface area (Å²) in [5.74, 6) is -3.35. The average molecular weight is 362 g/mol. The van der Waals surface area contributed by atoms with Crippen molar-refractivity contribution in [3.8, 4) is 0 Å². The lowest BCUT2D eigenvalue weighted by Crippen LogP contribution is -2.09. The molecule has 0 radical (unpaired) electrons. The number of nitrogens with one attached hydrogen (secondary N) is 1. The first-order valence-corrected chi connectivity index (χ1v) is 7.28. The molecule has 0 spiro atoms. The van der Waals surface area contributed by atoms with E-state index in [1.807, 2.05) is 18.4 Å². The molecule has 1 atom stereocenters. The molecule has 0 aliphatic rings. The molecular formula is C13H10BrF2NO2S. The first-order chi connectivity index (χ1) is 9.38. The van der Waals surface area contributed by atoms with Gasteiger partial charge in [0.25, 0.3) is 0 Å². The molecule has 1 heterocycles. The van der Waals surface area contributed by atoms with Gasteiger partial charge in [0.1, 0.15) is 11.6 Å². The third-order valence-electron chi connectivity index (χ3n) is 2.67. The Morgan fingerprint density at radius 1 is 1.35 bits per heavy atom. The summed E-state index contributed by atoms with van der Waals surface area (Å²) in [6.45, 7) is 1.81. The average Bonchev–Trinajstić information content (AvgIpc) is 2.79. The van der Waals surface area contributed by atoms with E-state index in [0.29, 0.717) is 6.07 Å². The normalized spacial score (nSPS) is 12.2. The maximum absolute atomic E-state index is 13.7. The first-order valence-electron chi connectivity index (χ1n) is 5.61. The molecule has 0 bridgehead atoms. The van der Waals surface area contributed by atoms with Crippen LogP contribution in [0.2, 0.25) is 0 Å². The minimum absolute atomic E-state index is 0.0409. The van der Waals surface area contributed by atoms with E-state index in [-0.39, 0.29) is 11.7 Å². The molecule has 2 aromatic rings. The summed E-state index contributed by atoms with van der Waals surface area (Å²) in [4.78, 5) is 11.8. The number of aromatic carboxylic acids is 1. The zero-order valence-corrected chi connectivity index (χ0v) is 12.7. The second kappa shape index (κ2) is 5.88. The number of hydrogen-bond donors (Lipinski definition) is 2. The van der Waals surface area contributed by atoms with E-state index in [2.05, 4.69) is 21.2 Å². The van der Waals surface area contributed by atoms with Gasteiger partial charge in [-0.1, -0.05) is 0 Å². The smallest absolute Gasteiger partial charge is 0.338 e. The molecule has 1 aromatic heterocycles. The second-order valence-electron chi connectivity index (χ2n) is 4.15. The van der Waals surface area contributed by atoms with Crippen LogP contribution in [0.1, 0.15) is 28.2 Å². The van der Waals surface area contributed by atoms with Crippen LogP contribution in [-0.4, -0.2) is 11.1 Å². The Labute approximate surface area is 126 Å². The zero-order valence-electron chi connectivity index (χ0n) is 10.3. The molecular weight excluding hydrogens is 352 g/mol. The summed E-state index contributed by atoms with van der Waals surface area (Å²) in [6, 6.07) is 3.18. The van der Waals surface area contributed by atoms with E-state index in [9.17, 15) is 13.6 Å². The van der Waals surface area contributed by atoms with Crippen molar-refractivity contribution >= 4 is 38.9 Å². The molecule has 7 heteroatoms. The van der Waals surface area contributed by atoms with E-state index < -0.39 is 23.2 Å². The van der Waals surface area contributed by atoms with Gasteiger partial charge in [-0.05, 0) is 35.0 Å². The summed E-state index contributed by atoms with van der Waals surface area (Å²) in [7, 11) is 0. The van der Waals surface area contributed by atoms with Gasteiger partial charge in [-0.2, -0.15) is 0 Å². The molecule has 0 aliphatic heterocycles. The Kier molecular flexibility index (Phi) is 4.39. The van der Waals surface area contributed by atoms with Gasteiger partial charge >= 0.3 is 5.97 Å². The molecule has 0 aliphatic carbocycles. The van der Waals surface area contributed by atoms with Gasteiger partial charge in [-0.25, -0.2) is 13.6 Å². The van der Waals surface area contributed by atoms with Crippen LogP contribution >= 0.6 is 27.3 Å². The number of carbonyl (C=O) groups is 1. The maximum atomic E-state index is 13.7. The largest absolute Gasteiger partial charge is 0.478 e. The highest BCUT2D eigenvalue weighted by Crippen LogP contribution is 2.29. The molecule has 106 valence electrons. The molecule has 0 fully saturated rings. The number of thiophene rings is 1. The number of anilines is 1. The highest BCUT2D eigenvalue weighted by atomic mass is 79.9. The van der Waals surface area contributed by atoms with E-state index in [1.54, 1.807) is 0 Å². The standard InChI is InChI=1S/C13H10BrF2NO2S/c1-6(12-2-7(14)5-20-12)17-11-3-8(13(18)19)9(15)4-10(11)16/h2-6,17H,1H3,(H,18,19). The molecule has 0 saturated carbocycles. The van der Waals surface area contributed by atoms with Gasteiger partial charge in [-0.15, -0.1) is 11.3 Å². The Morgan fingerprint density at radius 2 is 2.05 bits per heavy atom. The number of halogens is 3. The lowest BCUT2D eigenvalue weighted by atomic mass is 10.1. The van der Waals surface area contributed by atoms with Gasteiger partial charge < -0.3 is 10.4 Å². The summed E-state index contributed by atoms with van der Waals surface area (Å²) < 4.78 is 27.9. The van der Waals surface area contributed by atoms with E-state index in [1.165, 1.54) is 11.3 Å². The monoisotopic (exact) mass is 361 g/mol. The topological polar surface area (TPSA) is 49.3 Å². The number of hydrogen-bond acceptors (Lipinski definition) is 3. The van der Waals surface area contributed by atoms with Crippen molar-refractivity contribution in [3.63, 3.8) is 0 Å². The third-order valence-corrected chi connectivity index (χ3v) is 4.55. The number of rotatable bonds is 4. The molecule has 2 N–H and O–H groups in total. The van der Waals surface area contributed by atoms with E-state index in [4.69, 9.17) is 5.11 Å². The SMILES string of the molecule is CC(Nc1cc(C(=O)O)c(F)cc1F)c1cc(Br)cs1. The Hall–Kier alpha value is -1.47. The lowest BCUT2D eigenvalue weighted by Gasteiger charge is -2.15. The van der Waals surface area contributed by atoms with Crippen molar-refractivity contribution in [2.24, 2.45) is 0 Å². The Balaban J connectivity index is 2.29. The number of carboxylic acid groups (broad SMARTS) is 1. The summed E-state index contributed by atoms with van der Waals surface area (Å²) in [5, 5.41) is 13.6. The summed E-state index contributed by atoms with van der Waals surface area (Å²) in [5.41, 5.74) is -0.603. The molecule has 1 aromatic carbocycles. The van der Waals surface area contributed by atoms with E-state index >= 15 is 0 Å². The second-order valence-corrected chi connectivity index (χ2v) is 6.01. The third kappa shape index (κ3) is 3.16. The van der Waals surface area contributed by atoms with Gasteiger partial charge in [0, 0.05) is 20.8 Å². The van der Waals surface area contributed by atoms with Gasteiger partial charge in [0.2, 0.25) is 0 Å². The first kappa shape index (κ1) is 14.9. The summed E-state index contributed by atoms with van der Waals surface area (Å²) in [6.07, 6.45) is 0. The fourth-order valence-electron chi connectivity index (χ4n) is 1.68. The van der Waals surface area contributed by atoms with Crippen molar-refractivity contribution in [2.45, 2.75) is 13.0 Å². The van der Waals surface area contributed by atoms with Crippen molar-refractivity contribution < 1.29 is 18.7 Å².